The van der Waals surface area contributed by atoms with E-state index >= 15 is 0 Å². The summed E-state index contributed by atoms with van der Waals surface area (Å²) in [7, 11) is 0. The standard InChI is InChI=1S/C15H20N2O.ClH/c18-15(17-10-12-8-16-9-12)7-11-4-5-13-2-1-3-14(13)6-11;/h4-6,12,16H,1-3,7-10H2,(H,17,18);1H. The number of carbonyl (C=O) groups is 1. The molecule has 1 aromatic carbocycles. The van der Waals surface area contributed by atoms with Crippen LogP contribution in [-0.4, -0.2) is 25.5 Å². The van der Waals surface area contributed by atoms with Crippen LogP contribution in [0, 0.1) is 5.92 Å². The Kier molecular flexibility index (Phi) is 4.83. The van der Waals surface area contributed by atoms with Gasteiger partial charge >= 0.3 is 0 Å². The van der Waals surface area contributed by atoms with Crippen molar-refractivity contribution in [2.75, 3.05) is 19.6 Å². The quantitative estimate of drug-likeness (QED) is 0.877. The average molecular weight is 281 g/mol. The molecule has 0 aromatic heterocycles. The zero-order chi connectivity index (χ0) is 12.4. The fourth-order valence-corrected chi connectivity index (χ4v) is 2.73. The minimum Gasteiger partial charge on any atom is -0.355 e. The maximum atomic E-state index is 11.8. The molecule has 0 bridgehead atoms. The predicted octanol–water partition coefficient (Wildman–Crippen LogP) is 1.48. The Hall–Kier alpha value is -1.06. The Morgan fingerprint density at radius 3 is 2.79 bits per heavy atom. The third-order valence-corrected chi connectivity index (χ3v) is 3.98. The summed E-state index contributed by atoms with van der Waals surface area (Å²) >= 11 is 0. The van der Waals surface area contributed by atoms with Gasteiger partial charge in [0.25, 0.3) is 0 Å². The normalized spacial score (nSPS) is 17.3. The first-order chi connectivity index (χ1) is 8.81. The van der Waals surface area contributed by atoms with E-state index < -0.39 is 0 Å². The number of nitrogens with one attached hydrogen (secondary N) is 2. The Bertz CT molecular complexity index is 457. The second kappa shape index (κ2) is 6.40. The van der Waals surface area contributed by atoms with Gasteiger partial charge in [-0.2, -0.15) is 0 Å². The lowest BCUT2D eigenvalue weighted by molar-refractivity contribution is -0.120. The molecule has 4 heteroatoms. The minimum atomic E-state index is 0. The lowest BCUT2D eigenvalue weighted by atomic mass is 10.0. The third kappa shape index (κ3) is 3.48. The highest BCUT2D eigenvalue weighted by Crippen LogP contribution is 2.22. The first-order valence-corrected chi connectivity index (χ1v) is 6.89. The topological polar surface area (TPSA) is 41.1 Å². The molecule has 1 aliphatic heterocycles. The molecule has 19 heavy (non-hydrogen) atoms. The lowest BCUT2D eigenvalue weighted by Crippen LogP contribution is -2.48. The number of halogens is 1. The van der Waals surface area contributed by atoms with Crippen molar-refractivity contribution in [1.82, 2.24) is 10.6 Å². The molecule has 1 fully saturated rings. The number of rotatable bonds is 4. The van der Waals surface area contributed by atoms with E-state index in [0.717, 1.165) is 25.2 Å². The number of hydrogen-bond acceptors (Lipinski definition) is 2. The zero-order valence-electron chi connectivity index (χ0n) is 11.1. The van der Waals surface area contributed by atoms with Crippen LogP contribution in [0.3, 0.4) is 0 Å². The van der Waals surface area contributed by atoms with E-state index in [-0.39, 0.29) is 18.3 Å². The monoisotopic (exact) mass is 280 g/mol. The Labute approximate surface area is 120 Å². The summed E-state index contributed by atoms with van der Waals surface area (Å²) in [5.74, 6) is 0.786. The number of carbonyl (C=O) groups excluding carboxylic acids is 1. The molecule has 3 nitrogen and oxygen atoms in total. The maximum Gasteiger partial charge on any atom is 0.224 e. The first-order valence-electron chi connectivity index (χ1n) is 6.89. The molecule has 1 amide bonds. The van der Waals surface area contributed by atoms with Gasteiger partial charge in [-0.05, 0) is 36.0 Å². The molecule has 0 atom stereocenters. The molecule has 0 saturated carbocycles. The molecule has 1 heterocycles. The van der Waals surface area contributed by atoms with Gasteiger partial charge in [0.15, 0.2) is 0 Å². The number of amides is 1. The van der Waals surface area contributed by atoms with Crippen LogP contribution in [0.4, 0.5) is 0 Å². The van der Waals surface area contributed by atoms with Crippen molar-refractivity contribution in [3.63, 3.8) is 0 Å². The van der Waals surface area contributed by atoms with Crippen molar-refractivity contribution in [1.29, 1.82) is 0 Å². The van der Waals surface area contributed by atoms with E-state index in [0.29, 0.717) is 12.3 Å². The summed E-state index contributed by atoms with van der Waals surface area (Å²) in [4.78, 5) is 11.8. The van der Waals surface area contributed by atoms with Gasteiger partial charge in [0.1, 0.15) is 0 Å². The first kappa shape index (κ1) is 14.4. The van der Waals surface area contributed by atoms with E-state index in [4.69, 9.17) is 0 Å². The number of fused-ring (bicyclic) bond motifs is 1. The van der Waals surface area contributed by atoms with E-state index in [1.54, 1.807) is 0 Å². The third-order valence-electron chi connectivity index (χ3n) is 3.98. The Balaban J connectivity index is 0.00000133. The van der Waals surface area contributed by atoms with Gasteiger partial charge in [-0.15, -0.1) is 12.4 Å². The van der Waals surface area contributed by atoms with Crippen molar-refractivity contribution in [2.45, 2.75) is 25.7 Å². The van der Waals surface area contributed by atoms with E-state index in [1.165, 1.54) is 30.4 Å². The number of aryl methyl sites for hydroxylation is 2. The highest BCUT2D eigenvalue weighted by molar-refractivity contribution is 5.85. The molecule has 0 unspecified atom stereocenters. The predicted molar refractivity (Wildman–Crippen MR) is 78.8 cm³/mol. The fourth-order valence-electron chi connectivity index (χ4n) is 2.73. The maximum absolute atomic E-state index is 11.8. The smallest absolute Gasteiger partial charge is 0.224 e. The fraction of sp³-hybridized carbons (Fsp3) is 0.533. The SMILES string of the molecule is Cl.O=C(Cc1ccc2c(c1)CCC2)NCC1CNC1. The molecule has 2 aliphatic rings. The van der Waals surface area contributed by atoms with Crippen LogP contribution >= 0.6 is 12.4 Å². The molecule has 2 N–H and O–H groups in total. The second-order valence-electron chi connectivity index (χ2n) is 5.46. The van der Waals surface area contributed by atoms with Crippen molar-refractivity contribution in [3.8, 4) is 0 Å². The minimum absolute atomic E-state index is 0. The molecule has 3 rings (SSSR count). The van der Waals surface area contributed by atoms with Crippen molar-refractivity contribution < 1.29 is 4.79 Å². The van der Waals surface area contributed by atoms with Crippen LogP contribution < -0.4 is 10.6 Å². The number of benzene rings is 1. The second-order valence-corrected chi connectivity index (χ2v) is 5.46. The van der Waals surface area contributed by atoms with Gasteiger partial charge in [-0.1, -0.05) is 18.2 Å². The van der Waals surface area contributed by atoms with E-state index in [2.05, 4.69) is 28.8 Å². The highest BCUT2D eigenvalue weighted by Gasteiger charge is 2.17. The largest absolute Gasteiger partial charge is 0.355 e. The van der Waals surface area contributed by atoms with Gasteiger partial charge in [0.05, 0.1) is 6.42 Å². The van der Waals surface area contributed by atoms with Crippen molar-refractivity contribution in [3.05, 3.63) is 34.9 Å². The summed E-state index contributed by atoms with van der Waals surface area (Å²) in [6.45, 7) is 2.90. The molecule has 104 valence electrons. The van der Waals surface area contributed by atoms with Gasteiger partial charge in [0, 0.05) is 25.6 Å². The summed E-state index contributed by atoms with van der Waals surface area (Å²) < 4.78 is 0. The van der Waals surface area contributed by atoms with Crippen molar-refractivity contribution >= 4 is 18.3 Å². The summed E-state index contributed by atoms with van der Waals surface area (Å²) in [6.07, 6.45) is 4.17. The van der Waals surface area contributed by atoms with Crippen LogP contribution in [0.25, 0.3) is 0 Å². The van der Waals surface area contributed by atoms with Crippen LogP contribution in [0.1, 0.15) is 23.1 Å². The zero-order valence-corrected chi connectivity index (χ0v) is 11.9. The van der Waals surface area contributed by atoms with Crippen LogP contribution in [0.15, 0.2) is 18.2 Å². The summed E-state index contributed by atoms with van der Waals surface area (Å²) in [5, 5.41) is 6.23. The molecule has 1 saturated heterocycles. The average Bonchev–Trinajstić information content (AvgIpc) is 2.74. The molecule has 0 spiro atoms. The van der Waals surface area contributed by atoms with E-state index in [9.17, 15) is 4.79 Å². The molecule has 0 radical (unpaired) electrons. The summed E-state index contributed by atoms with van der Waals surface area (Å²) in [5.41, 5.74) is 4.07. The molecule has 1 aromatic rings. The molecular weight excluding hydrogens is 260 g/mol. The molecule has 1 aliphatic carbocycles. The van der Waals surface area contributed by atoms with Gasteiger partial charge in [-0.3, -0.25) is 4.79 Å². The van der Waals surface area contributed by atoms with Gasteiger partial charge in [-0.25, -0.2) is 0 Å². The summed E-state index contributed by atoms with van der Waals surface area (Å²) in [6, 6.07) is 6.52. The van der Waals surface area contributed by atoms with Crippen LogP contribution in [0.2, 0.25) is 0 Å². The van der Waals surface area contributed by atoms with Crippen LogP contribution in [-0.2, 0) is 24.1 Å². The van der Waals surface area contributed by atoms with Gasteiger partial charge in [0.2, 0.25) is 5.91 Å². The van der Waals surface area contributed by atoms with Gasteiger partial charge < -0.3 is 10.6 Å². The Morgan fingerprint density at radius 2 is 2.05 bits per heavy atom. The Morgan fingerprint density at radius 1 is 1.26 bits per heavy atom. The number of hydrogen-bond donors (Lipinski definition) is 2. The highest BCUT2D eigenvalue weighted by atomic mass is 35.5. The lowest BCUT2D eigenvalue weighted by Gasteiger charge is -2.27. The van der Waals surface area contributed by atoms with Crippen molar-refractivity contribution in [2.24, 2.45) is 5.92 Å². The van der Waals surface area contributed by atoms with Crippen LogP contribution in [0.5, 0.6) is 0 Å². The molecular formula is C15H21ClN2O. The van der Waals surface area contributed by atoms with E-state index in [1.807, 2.05) is 0 Å².